The van der Waals surface area contributed by atoms with Crippen LogP contribution >= 0.6 is 0 Å². The Labute approximate surface area is 288 Å². The van der Waals surface area contributed by atoms with E-state index in [0.717, 1.165) is 88.8 Å². The number of fused-ring (bicyclic) bond motifs is 9. The minimum absolute atomic E-state index is 0.820. The first kappa shape index (κ1) is 28.3. The van der Waals surface area contributed by atoms with Gasteiger partial charge in [-0.25, -0.2) is 0 Å². The van der Waals surface area contributed by atoms with Gasteiger partial charge in [0, 0.05) is 44.3 Å². The first-order valence-electron chi connectivity index (χ1n) is 16.9. The number of para-hydroxylation sites is 6. The van der Waals surface area contributed by atoms with Gasteiger partial charge < -0.3 is 18.6 Å². The van der Waals surface area contributed by atoms with Gasteiger partial charge in [-0.2, -0.15) is 0 Å². The highest BCUT2D eigenvalue weighted by atomic mass is 16.3. The Hall–Kier alpha value is -6.78. The van der Waals surface area contributed by atoms with Crippen molar-refractivity contribution < 1.29 is 8.83 Å². The summed E-state index contributed by atoms with van der Waals surface area (Å²) in [6.45, 7) is 0. The topological polar surface area (TPSA) is 32.8 Å². The smallest absolute Gasteiger partial charge is 0.145 e. The van der Waals surface area contributed by atoms with Gasteiger partial charge in [0.15, 0.2) is 0 Å². The molecule has 2 heterocycles. The minimum Gasteiger partial charge on any atom is -0.455 e. The van der Waals surface area contributed by atoms with E-state index < -0.39 is 0 Å². The van der Waals surface area contributed by atoms with Gasteiger partial charge in [-0.1, -0.05) is 109 Å². The van der Waals surface area contributed by atoms with E-state index >= 15 is 0 Å². The molecule has 0 atom stereocenters. The van der Waals surface area contributed by atoms with Crippen molar-refractivity contribution in [1.82, 2.24) is 0 Å². The molecule has 0 radical (unpaired) electrons. The number of rotatable bonds is 6. The number of hydrogen-bond acceptors (Lipinski definition) is 4. The number of hydrogen-bond donors (Lipinski definition) is 0. The Morgan fingerprint density at radius 3 is 0.940 bits per heavy atom. The second-order valence-electron chi connectivity index (χ2n) is 12.5. The third-order valence-corrected chi connectivity index (χ3v) is 9.58. The third kappa shape index (κ3) is 4.39. The Morgan fingerprint density at radius 1 is 0.300 bits per heavy atom. The summed E-state index contributed by atoms with van der Waals surface area (Å²) in [4.78, 5) is 4.65. The fourth-order valence-electron chi connectivity index (χ4n) is 7.44. The van der Waals surface area contributed by atoms with Gasteiger partial charge in [0.2, 0.25) is 0 Å². The number of furan rings is 2. The number of nitrogens with zero attached hydrogens (tertiary/aromatic N) is 2. The lowest BCUT2D eigenvalue weighted by Crippen LogP contribution is -2.11. The Morgan fingerprint density at radius 2 is 0.600 bits per heavy atom. The van der Waals surface area contributed by atoms with E-state index in [-0.39, 0.29) is 0 Å². The molecule has 10 rings (SSSR count). The van der Waals surface area contributed by atoms with Crippen molar-refractivity contribution in [2.45, 2.75) is 0 Å². The Balaban J connectivity index is 1.40. The van der Waals surface area contributed by atoms with E-state index in [2.05, 4.69) is 180 Å². The van der Waals surface area contributed by atoms with Crippen LogP contribution in [0, 0.1) is 0 Å². The molecule has 2 aromatic heterocycles. The monoisotopic (exact) mass is 642 g/mol. The molecule has 0 saturated carbocycles. The molecule has 0 saturated heterocycles. The largest absolute Gasteiger partial charge is 0.455 e. The molecule has 0 N–H and O–H groups in total. The molecule has 0 aliphatic rings. The van der Waals surface area contributed by atoms with E-state index in [1.165, 1.54) is 0 Å². The zero-order valence-electron chi connectivity index (χ0n) is 27.0. The van der Waals surface area contributed by atoms with Crippen LogP contribution in [0.4, 0.5) is 34.1 Å². The summed E-state index contributed by atoms with van der Waals surface area (Å²) < 4.78 is 13.8. The van der Waals surface area contributed by atoms with Crippen LogP contribution in [0.5, 0.6) is 0 Å². The van der Waals surface area contributed by atoms with Crippen LogP contribution in [0.25, 0.3) is 54.6 Å². The van der Waals surface area contributed by atoms with Gasteiger partial charge in [-0.05, 0) is 72.8 Å². The molecule has 0 spiro atoms. The molecule has 4 nitrogen and oxygen atoms in total. The maximum Gasteiger partial charge on any atom is 0.145 e. The highest BCUT2D eigenvalue weighted by Gasteiger charge is 2.27. The molecule has 4 heteroatoms. The summed E-state index contributed by atoms with van der Waals surface area (Å²) >= 11 is 0. The molecule has 50 heavy (non-hydrogen) atoms. The molecular formula is C46H30N2O2. The van der Waals surface area contributed by atoms with Gasteiger partial charge in [-0.15, -0.1) is 0 Å². The molecule has 0 unspecified atom stereocenters. The minimum atomic E-state index is 0.820. The van der Waals surface area contributed by atoms with Gasteiger partial charge in [0.05, 0.1) is 22.1 Å². The average Bonchev–Trinajstić information content (AvgIpc) is 3.77. The fourth-order valence-corrected chi connectivity index (χ4v) is 7.44. The summed E-state index contributed by atoms with van der Waals surface area (Å²) in [7, 11) is 0. The van der Waals surface area contributed by atoms with E-state index in [1.54, 1.807) is 0 Å². The summed E-state index contributed by atoms with van der Waals surface area (Å²) in [6, 6.07) is 63.4. The van der Waals surface area contributed by atoms with Crippen molar-refractivity contribution in [1.29, 1.82) is 0 Å². The zero-order valence-corrected chi connectivity index (χ0v) is 27.0. The molecular weight excluding hydrogens is 613 g/mol. The predicted molar refractivity (Wildman–Crippen MR) is 208 cm³/mol. The predicted octanol–water partition coefficient (Wildman–Crippen LogP) is 13.6. The van der Waals surface area contributed by atoms with Crippen LogP contribution < -0.4 is 9.80 Å². The van der Waals surface area contributed by atoms with Crippen molar-refractivity contribution in [3.8, 4) is 0 Å². The maximum atomic E-state index is 6.91. The number of benzene rings is 8. The normalized spacial score (nSPS) is 11.6. The van der Waals surface area contributed by atoms with Crippen LogP contribution in [0.2, 0.25) is 0 Å². The van der Waals surface area contributed by atoms with Crippen molar-refractivity contribution in [2.24, 2.45) is 0 Å². The van der Waals surface area contributed by atoms with Crippen molar-refractivity contribution in [3.05, 3.63) is 182 Å². The molecule has 0 fully saturated rings. The summed E-state index contributed by atoms with van der Waals surface area (Å²) in [5.74, 6) is 0. The number of anilines is 6. The molecule has 0 amide bonds. The van der Waals surface area contributed by atoms with E-state index in [9.17, 15) is 0 Å². The van der Waals surface area contributed by atoms with E-state index in [4.69, 9.17) is 8.83 Å². The van der Waals surface area contributed by atoms with E-state index in [0.29, 0.717) is 0 Å². The van der Waals surface area contributed by atoms with Gasteiger partial charge in [0.1, 0.15) is 22.3 Å². The second kappa shape index (κ2) is 11.4. The van der Waals surface area contributed by atoms with Gasteiger partial charge in [-0.3, -0.25) is 0 Å². The average molecular weight is 643 g/mol. The van der Waals surface area contributed by atoms with Gasteiger partial charge in [0.25, 0.3) is 0 Å². The van der Waals surface area contributed by atoms with Crippen LogP contribution in [-0.4, -0.2) is 0 Å². The van der Waals surface area contributed by atoms with Crippen LogP contribution in [0.3, 0.4) is 0 Å². The van der Waals surface area contributed by atoms with Gasteiger partial charge >= 0.3 is 0 Å². The van der Waals surface area contributed by atoms with Crippen LogP contribution in [-0.2, 0) is 0 Å². The molecule has 236 valence electrons. The van der Waals surface area contributed by atoms with Crippen molar-refractivity contribution >= 4 is 88.8 Å². The lowest BCUT2D eigenvalue weighted by Gasteiger charge is -2.28. The molecule has 0 aliphatic heterocycles. The van der Waals surface area contributed by atoms with Crippen LogP contribution in [0.15, 0.2) is 191 Å². The first-order chi connectivity index (χ1) is 24.8. The van der Waals surface area contributed by atoms with Crippen molar-refractivity contribution in [3.63, 3.8) is 0 Å². The molecule has 8 aromatic carbocycles. The Bertz CT molecular complexity index is 2530. The first-order valence-corrected chi connectivity index (χ1v) is 16.9. The van der Waals surface area contributed by atoms with E-state index in [1.807, 2.05) is 12.1 Å². The standard InChI is InChI=1S/C46H30N2O2/c1-5-17-31(18-6-1)47(32-19-7-2-8-20-32)39-29-37-38(45-43(39)35-25-13-15-27-41(35)49-45)30-40(44-36-26-14-16-28-42(36)50-46(37)44)48(33-21-9-3-10-22-33)34-23-11-4-12-24-34/h1-30H. The highest BCUT2D eigenvalue weighted by molar-refractivity contribution is 6.29. The maximum absolute atomic E-state index is 6.91. The highest BCUT2D eigenvalue weighted by Crippen LogP contribution is 2.51. The third-order valence-electron chi connectivity index (χ3n) is 9.58. The summed E-state index contributed by atoms with van der Waals surface area (Å²) in [6.07, 6.45) is 0. The van der Waals surface area contributed by atoms with Crippen molar-refractivity contribution in [2.75, 3.05) is 9.80 Å². The summed E-state index contributed by atoms with van der Waals surface area (Å²) in [5.41, 5.74) is 9.59. The summed E-state index contributed by atoms with van der Waals surface area (Å²) in [5, 5.41) is 6.19. The quantitative estimate of drug-likeness (QED) is 0.181. The SMILES string of the molecule is c1ccc(N(c2ccccc2)c2cc3c(cc(N(c4ccccc4)c4ccccc4)c4c5ccccc5oc34)c3oc4ccccc4c23)cc1. The molecule has 10 aromatic rings. The lowest BCUT2D eigenvalue weighted by atomic mass is 9.98. The Kier molecular flexibility index (Phi) is 6.46. The lowest BCUT2D eigenvalue weighted by molar-refractivity contribution is 0.669. The fraction of sp³-hybridized carbons (Fsp3) is 0. The second-order valence-corrected chi connectivity index (χ2v) is 12.5. The zero-order chi connectivity index (χ0) is 33.0. The molecule has 0 aliphatic carbocycles. The molecule has 0 bridgehead atoms. The van der Waals surface area contributed by atoms with Crippen LogP contribution in [0.1, 0.15) is 0 Å².